The van der Waals surface area contributed by atoms with Gasteiger partial charge >= 0.3 is 0 Å². The van der Waals surface area contributed by atoms with Crippen LogP contribution in [0.2, 0.25) is 0 Å². The molecule has 24 heavy (non-hydrogen) atoms. The smallest absolute Gasteiger partial charge is 0.271 e. The van der Waals surface area contributed by atoms with Gasteiger partial charge in [0.1, 0.15) is 12.7 Å². The van der Waals surface area contributed by atoms with Crippen molar-refractivity contribution in [2.45, 2.75) is 13.8 Å². The van der Waals surface area contributed by atoms with Gasteiger partial charge in [-0.05, 0) is 26.0 Å². The lowest BCUT2D eigenvalue weighted by atomic mass is 10.2. The molecule has 3 rings (SSSR count). The zero-order valence-electron chi connectivity index (χ0n) is 13.0. The Labute approximate surface area is 144 Å². The van der Waals surface area contributed by atoms with Gasteiger partial charge in [-0.3, -0.25) is 10.1 Å². The van der Waals surface area contributed by atoms with Crippen LogP contribution in [-0.4, -0.2) is 30.6 Å². The Hall–Kier alpha value is -3.00. The van der Waals surface area contributed by atoms with Gasteiger partial charge < -0.3 is 4.57 Å². The second kappa shape index (κ2) is 7.05. The number of hydrogen-bond donors (Lipinski definition) is 0. The van der Waals surface area contributed by atoms with E-state index in [4.69, 9.17) is 0 Å². The van der Waals surface area contributed by atoms with Gasteiger partial charge in [0, 0.05) is 29.1 Å². The van der Waals surface area contributed by atoms with Crippen molar-refractivity contribution in [2.75, 3.05) is 0 Å². The SMILES string of the molecule is Cc1cc(/C=N/n2cnnc2)c(C)n1-c1cccc([N+](=O)[O-])c1.Cl. The maximum Gasteiger partial charge on any atom is 0.271 e. The van der Waals surface area contributed by atoms with Crippen LogP contribution >= 0.6 is 12.4 Å². The molecule has 0 spiro atoms. The standard InChI is InChI=1S/C15H14N6O2.ClH/c1-11-6-13(8-18-19-9-16-17-10-19)12(2)20(11)14-4-3-5-15(7-14)21(22)23;/h3-10H,1-2H3;1H/b18-8+;. The molecule has 0 bridgehead atoms. The normalized spacial score (nSPS) is 10.8. The van der Waals surface area contributed by atoms with E-state index in [1.54, 1.807) is 18.3 Å². The lowest BCUT2D eigenvalue weighted by Crippen LogP contribution is -2.00. The Morgan fingerprint density at radius 1 is 1.21 bits per heavy atom. The predicted molar refractivity (Wildman–Crippen MR) is 92.2 cm³/mol. The number of nitrogens with zero attached hydrogens (tertiary/aromatic N) is 6. The summed E-state index contributed by atoms with van der Waals surface area (Å²) in [6.45, 7) is 3.89. The van der Waals surface area contributed by atoms with Crippen LogP contribution in [0.5, 0.6) is 0 Å². The third-order valence-corrected chi connectivity index (χ3v) is 3.51. The highest BCUT2D eigenvalue weighted by Crippen LogP contribution is 2.23. The first kappa shape index (κ1) is 17.4. The molecule has 0 aliphatic heterocycles. The van der Waals surface area contributed by atoms with Gasteiger partial charge in [-0.15, -0.1) is 22.6 Å². The summed E-state index contributed by atoms with van der Waals surface area (Å²) in [6, 6.07) is 8.53. The summed E-state index contributed by atoms with van der Waals surface area (Å²) in [5.74, 6) is 0. The Kier molecular flexibility index (Phi) is 5.10. The molecule has 0 aliphatic carbocycles. The highest BCUT2D eigenvalue weighted by molar-refractivity contribution is 5.85. The molecule has 3 aromatic rings. The highest BCUT2D eigenvalue weighted by Gasteiger charge is 2.12. The number of aromatic nitrogens is 4. The fraction of sp³-hybridized carbons (Fsp3) is 0.133. The van der Waals surface area contributed by atoms with Gasteiger partial charge in [0.25, 0.3) is 5.69 Å². The van der Waals surface area contributed by atoms with Crippen molar-refractivity contribution in [1.29, 1.82) is 0 Å². The van der Waals surface area contributed by atoms with Gasteiger partial charge in [-0.2, -0.15) is 5.10 Å². The number of hydrogen-bond acceptors (Lipinski definition) is 5. The van der Waals surface area contributed by atoms with E-state index >= 15 is 0 Å². The van der Waals surface area contributed by atoms with Gasteiger partial charge in [0.15, 0.2) is 0 Å². The molecule has 0 saturated carbocycles. The molecule has 2 heterocycles. The van der Waals surface area contributed by atoms with Crippen LogP contribution in [0.3, 0.4) is 0 Å². The highest BCUT2D eigenvalue weighted by atomic mass is 35.5. The fourth-order valence-corrected chi connectivity index (χ4v) is 2.45. The van der Waals surface area contributed by atoms with E-state index in [9.17, 15) is 10.1 Å². The monoisotopic (exact) mass is 346 g/mol. The minimum absolute atomic E-state index is 0. The third kappa shape index (κ3) is 3.33. The lowest BCUT2D eigenvalue weighted by Gasteiger charge is -2.09. The number of benzene rings is 1. The molecule has 8 nitrogen and oxygen atoms in total. The van der Waals surface area contributed by atoms with Crippen molar-refractivity contribution >= 4 is 24.3 Å². The number of rotatable bonds is 4. The van der Waals surface area contributed by atoms with Crippen LogP contribution < -0.4 is 0 Å². The van der Waals surface area contributed by atoms with Gasteiger partial charge in [-0.25, -0.2) is 4.68 Å². The fourth-order valence-electron chi connectivity index (χ4n) is 2.45. The van der Waals surface area contributed by atoms with Crippen molar-refractivity contribution in [3.05, 3.63) is 70.1 Å². The van der Waals surface area contributed by atoms with Crippen LogP contribution in [0.1, 0.15) is 17.0 Å². The van der Waals surface area contributed by atoms with Gasteiger partial charge in [0.2, 0.25) is 0 Å². The number of nitro benzene ring substituents is 1. The minimum Gasteiger partial charge on any atom is -0.318 e. The first-order chi connectivity index (χ1) is 11.1. The Bertz CT molecular complexity index is 886. The molecule has 9 heteroatoms. The summed E-state index contributed by atoms with van der Waals surface area (Å²) in [7, 11) is 0. The average Bonchev–Trinajstić information content (AvgIpc) is 3.13. The van der Waals surface area contributed by atoms with Crippen molar-refractivity contribution in [1.82, 2.24) is 19.4 Å². The Morgan fingerprint density at radius 2 is 1.92 bits per heavy atom. The first-order valence-corrected chi connectivity index (χ1v) is 6.89. The Balaban J connectivity index is 0.00000208. The molecule has 0 radical (unpaired) electrons. The van der Waals surface area contributed by atoms with Crippen LogP contribution in [0.25, 0.3) is 5.69 Å². The van der Waals surface area contributed by atoms with Crippen molar-refractivity contribution in [2.24, 2.45) is 5.10 Å². The predicted octanol–water partition coefficient (Wildman–Crippen LogP) is 2.90. The molecule has 0 aliphatic rings. The van der Waals surface area contributed by atoms with Gasteiger partial charge in [-0.1, -0.05) is 6.07 Å². The molecule has 0 unspecified atom stereocenters. The van der Waals surface area contributed by atoms with Crippen molar-refractivity contribution in [3.8, 4) is 5.69 Å². The topological polar surface area (TPSA) is 91.1 Å². The van der Waals surface area contributed by atoms with Crippen molar-refractivity contribution < 1.29 is 4.92 Å². The molecule has 0 amide bonds. The molecule has 0 N–H and O–H groups in total. The second-order valence-electron chi connectivity index (χ2n) is 5.03. The van der Waals surface area contributed by atoms with E-state index in [-0.39, 0.29) is 18.1 Å². The number of halogens is 1. The van der Waals surface area contributed by atoms with E-state index in [1.165, 1.54) is 23.4 Å². The van der Waals surface area contributed by atoms with E-state index in [1.807, 2.05) is 30.5 Å². The van der Waals surface area contributed by atoms with Gasteiger partial charge in [0.05, 0.1) is 16.8 Å². The summed E-state index contributed by atoms with van der Waals surface area (Å²) in [4.78, 5) is 10.6. The summed E-state index contributed by atoms with van der Waals surface area (Å²) in [5.41, 5.74) is 3.64. The first-order valence-electron chi connectivity index (χ1n) is 6.89. The largest absolute Gasteiger partial charge is 0.318 e. The maximum absolute atomic E-state index is 11.0. The zero-order chi connectivity index (χ0) is 16.4. The molecular weight excluding hydrogens is 332 g/mol. The van der Waals surface area contributed by atoms with E-state index < -0.39 is 4.92 Å². The third-order valence-electron chi connectivity index (χ3n) is 3.51. The summed E-state index contributed by atoms with van der Waals surface area (Å²) in [6.07, 6.45) is 4.70. The number of aryl methyl sites for hydroxylation is 1. The molecule has 2 aromatic heterocycles. The summed E-state index contributed by atoms with van der Waals surface area (Å²) >= 11 is 0. The lowest BCUT2D eigenvalue weighted by molar-refractivity contribution is -0.384. The van der Waals surface area contributed by atoms with Crippen LogP contribution in [-0.2, 0) is 0 Å². The molecule has 124 valence electrons. The molecule has 0 saturated heterocycles. The quantitative estimate of drug-likeness (QED) is 0.412. The van der Waals surface area contributed by atoms with Crippen molar-refractivity contribution in [3.63, 3.8) is 0 Å². The van der Waals surface area contributed by atoms with E-state index in [0.717, 1.165) is 22.6 Å². The maximum atomic E-state index is 11.0. The Morgan fingerprint density at radius 3 is 2.58 bits per heavy atom. The number of non-ortho nitro benzene ring substituents is 1. The summed E-state index contributed by atoms with van der Waals surface area (Å²) in [5, 5.41) is 22.6. The minimum atomic E-state index is -0.397. The molecule has 0 fully saturated rings. The summed E-state index contributed by atoms with van der Waals surface area (Å²) < 4.78 is 3.46. The van der Waals surface area contributed by atoms with Crippen LogP contribution in [0.4, 0.5) is 5.69 Å². The van der Waals surface area contributed by atoms with E-state index in [2.05, 4.69) is 15.3 Å². The molecular formula is C15H15ClN6O2. The van der Waals surface area contributed by atoms with Crippen LogP contribution in [0.15, 0.2) is 48.1 Å². The molecule has 0 atom stereocenters. The average molecular weight is 347 g/mol. The second-order valence-corrected chi connectivity index (χ2v) is 5.03. The molecule has 1 aromatic carbocycles. The zero-order valence-corrected chi connectivity index (χ0v) is 13.8. The van der Waals surface area contributed by atoms with E-state index in [0.29, 0.717) is 0 Å². The van der Waals surface area contributed by atoms with Crippen LogP contribution in [0, 0.1) is 24.0 Å². The number of nitro groups is 1.